The molecule has 0 saturated carbocycles. The van der Waals surface area contributed by atoms with E-state index in [4.69, 9.17) is 4.74 Å². The summed E-state index contributed by atoms with van der Waals surface area (Å²) in [7, 11) is 0. The van der Waals surface area contributed by atoms with Crippen molar-refractivity contribution in [1.29, 1.82) is 0 Å². The number of amides is 1. The number of hydrogen-bond acceptors (Lipinski definition) is 2. The van der Waals surface area contributed by atoms with Crippen molar-refractivity contribution >= 4 is 5.91 Å². The lowest BCUT2D eigenvalue weighted by atomic mass is 9.91. The van der Waals surface area contributed by atoms with E-state index in [0.29, 0.717) is 6.61 Å². The normalized spacial score (nSPS) is 20.3. The highest BCUT2D eigenvalue weighted by molar-refractivity contribution is 5.84. The van der Waals surface area contributed by atoms with E-state index in [9.17, 15) is 4.79 Å². The van der Waals surface area contributed by atoms with Gasteiger partial charge in [-0.2, -0.15) is 0 Å². The van der Waals surface area contributed by atoms with Crippen molar-refractivity contribution in [2.45, 2.75) is 25.7 Å². The maximum atomic E-state index is 11.7. The number of ether oxygens (including phenoxy) is 1. The van der Waals surface area contributed by atoms with Gasteiger partial charge >= 0.3 is 0 Å². The van der Waals surface area contributed by atoms with Crippen LogP contribution >= 0.6 is 0 Å². The Morgan fingerprint density at radius 3 is 2.75 bits per heavy atom. The molecule has 1 saturated heterocycles. The smallest absolute Gasteiger partial charge is 0.227 e. The number of hydrogen-bond donors (Lipinski definition) is 1. The van der Waals surface area contributed by atoms with Crippen LogP contribution in [0.15, 0.2) is 24.3 Å². The Kier molecular flexibility index (Phi) is 3.44. The summed E-state index contributed by atoms with van der Waals surface area (Å²) in [4.78, 5) is 11.7. The molecular weight excluding hydrogens is 202 g/mol. The van der Waals surface area contributed by atoms with E-state index in [-0.39, 0.29) is 11.8 Å². The minimum Gasteiger partial charge on any atom is -0.494 e. The molecule has 0 aliphatic carbocycles. The van der Waals surface area contributed by atoms with Crippen LogP contribution in [0.5, 0.6) is 5.75 Å². The van der Waals surface area contributed by atoms with Gasteiger partial charge in [0, 0.05) is 6.54 Å². The summed E-state index contributed by atoms with van der Waals surface area (Å²) in [5, 5.41) is 2.90. The van der Waals surface area contributed by atoms with E-state index in [1.807, 2.05) is 31.2 Å². The first-order valence-corrected chi connectivity index (χ1v) is 5.81. The topological polar surface area (TPSA) is 38.3 Å². The summed E-state index contributed by atoms with van der Waals surface area (Å²) < 4.78 is 5.37. The third-order valence-electron chi connectivity index (χ3n) is 2.88. The van der Waals surface area contributed by atoms with Gasteiger partial charge < -0.3 is 10.1 Å². The molecule has 1 aromatic carbocycles. The summed E-state index contributed by atoms with van der Waals surface area (Å²) in [5.41, 5.74) is 1.08. The monoisotopic (exact) mass is 219 g/mol. The molecule has 0 aromatic heterocycles. The zero-order valence-electron chi connectivity index (χ0n) is 9.53. The van der Waals surface area contributed by atoms with Gasteiger partial charge in [0.05, 0.1) is 12.5 Å². The number of carbonyl (C=O) groups excluding carboxylic acids is 1. The molecule has 1 fully saturated rings. The van der Waals surface area contributed by atoms with Crippen LogP contribution in [0.3, 0.4) is 0 Å². The Morgan fingerprint density at radius 1 is 1.38 bits per heavy atom. The predicted octanol–water partition coefficient (Wildman–Crippen LogP) is 2.08. The molecule has 1 aliphatic rings. The molecule has 2 rings (SSSR count). The summed E-state index contributed by atoms with van der Waals surface area (Å²) in [5.74, 6) is 1.03. The largest absolute Gasteiger partial charge is 0.494 e. The average molecular weight is 219 g/mol. The lowest BCUT2D eigenvalue weighted by Gasteiger charge is -2.22. The van der Waals surface area contributed by atoms with Crippen molar-refractivity contribution in [2.75, 3.05) is 13.2 Å². The minimum absolute atomic E-state index is 0.0180. The Balaban J connectivity index is 2.11. The van der Waals surface area contributed by atoms with E-state index in [1.54, 1.807) is 0 Å². The van der Waals surface area contributed by atoms with Crippen molar-refractivity contribution in [3.63, 3.8) is 0 Å². The van der Waals surface area contributed by atoms with Crippen molar-refractivity contribution in [1.82, 2.24) is 5.32 Å². The van der Waals surface area contributed by atoms with Gasteiger partial charge in [-0.25, -0.2) is 0 Å². The van der Waals surface area contributed by atoms with Gasteiger partial charge in [-0.15, -0.1) is 0 Å². The van der Waals surface area contributed by atoms with Gasteiger partial charge in [-0.3, -0.25) is 4.79 Å². The van der Waals surface area contributed by atoms with Crippen molar-refractivity contribution in [3.05, 3.63) is 29.8 Å². The van der Waals surface area contributed by atoms with Gasteiger partial charge in [-0.1, -0.05) is 12.1 Å². The second-order valence-corrected chi connectivity index (χ2v) is 3.99. The fourth-order valence-electron chi connectivity index (χ4n) is 2.05. The van der Waals surface area contributed by atoms with E-state index in [1.165, 1.54) is 0 Å². The molecule has 0 radical (unpaired) electrons. The molecule has 1 N–H and O–H groups in total. The van der Waals surface area contributed by atoms with E-state index in [2.05, 4.69) is 5.32 Å². The predicted molar refractivity (Wildman–Crippen MR) is 62.6 cm³/mol. The highest BCUT2D eigenvalue weighted by Crippen LogP contribution is 2.25. The van der Waals surface area contributed by atoms with Crippen LogP contribution in [-0.4, -0.2) is 19.1 Å². The first kappa shape index (κ1) is 11.0. The fourth-order valence-corrected chi connectivity index (χ4v) is 2.05. The molecule has 86 valence electrons. The first-order valence-electron chi connectivity index (χ1n) is 5.81. The minimum atomic E-state index is 0.0180. The highest BCUT2D eigenvalue weighted by atomic mass is 16.5. The van der Waals surface area contributed by atoms with Gasteiger partial charge in [0.25, 0.3) is 0 Å². The highest BCUT2D eigenvalue weighted by Gasteiger charge is 2.23. The van der Waals surface area contributed by atoms with Gasteiger partial charge in [0.15, 0.2) is 0 Å². The molecule has 1 aliphatic heterocycles. The number of nitrogens with one attached hydrogen (secondary N) is 1. The average Bonchev–Trinajstić information content (AvgIpc) is 2.31. The Labute approximate surface area is 95.8 Å². The molecule has 0 bridgehead atoms. The molecule has 1 heterocycles. The van der Waals surface area contributed by atoms with E-state index >= 15 is 0 Å². The van der Waals surface area contributed by atoms with E-state index in [0.717, 1.165) is 30.7 Å². The SMILES string of the molecule is CCOc1ccc(C2CCCNC2=O)cc1. The molecule has 3 nitrogen and oxygen atoms in total. The molecule has 0 spiro atoms. The standard InChI is InChI=1S/C13H17NO2/c1-2-16-11-7-5-10(6-8-11)12-4-3-9-14-13(12)15/h5-8,12H,2-4,9H2,1H3,(H,14,15). The third kappa shape index (κ3) is 2.35. The molecule has 1 aromatic rings. The van der Waals surface area contributed by atoms with Crippen LogP contribution in [0, 0.1) is 0 Å². The lowest BCUT2D eigenvalue weighted by molar-refractivity contribution is -0.123. The number of piperidine rings is 1. The van der Waals surface area contributed by atoms with Crippen LogP contribution < -0.4 is 10.1 Å². The van der Waals surface area contributed by atoms with Gasteiger partial charge in [0.1, 0.15) is 5.75 Å². The van der Waals surface area contributed by atoms with Crippen molar-refractivity contribution in [2.24, 2.45) is 0 Å². The Hall–Kier alpha value is -1.51. The third-order valence-corrected chi connectivity index (χ3v) is 2.88. The molecule has 1 atom stereocenters. The summed E-state index contributed by atoms with van der Waals surface area (Å²) in [6.45, 7) is 3.44. The number of carbonyl (C=O) groups is 1. The van der Waals surface area contributed by atoms with Crippen LogP contribution in [0.1, 0.15) is 31.2 Å². The Morgan fingerprint density at radius 2 is 2.12 bits per heavy atom. The molecule has 3 heteroatoms. The lowest BCUT2D eigenvalue weighted by Crippen LogP contribution is -2.34. The van der Waals surface area contributed by atoms with Crippen LogP contribution in [-0.2, 0) is 4.79 Å². The van der Waals surface area contributed by atoms with E-state index < -0.39 is 0 Å². The molecule has 1 unspecified atom stereocenters. The van der Waals surface area contributed by atoms with Crippen LogP contribution in [0.2, 0.25) is 0 Å². The fraction of sp³-hybridized carbons (Fsp3) is 0.462. The molecule has 1 amide bonds. The first-order chi connectivity index (χ1) is 7.81. The van der Waals surface area contributed by atoms with Crippen LogP contribution in [0.4, 0.5) is 0 Å². The summed E-state index contributed by atoms with van der Waals surface area (Å²) >= 11 is 0. The summed E-state index contributed by atoms with van der Waals surface area (Å²) in [6, 6.07) is 7.84. The number of benzene rings is 1. The number of rotatable bonds is 3. The second kappa shape index (κ2) is 5.01. The maximum absolute atomic E-state index is 11.7. The van der Waals surface area contributed by atoms with Crippen LogP contribution in [0.25, 0.3) is 0 Å². The maximum Gasteiger partial charge on any atom is 0.227 e. The quantitative estimate of drug-likeness (QED) is 0.845. The Bertz CT molecular complexity index is 359. The summed E-state index contributed by atoms with van der Waals surface area (Å²) in [6.07, 6.45) is 2.00. The zero-order chi connectivity index (χ0) is 11.4. The van der Waals surface area contributed by atoms with Crippen molar-refractivity contribution in [3.8, 4) is 5.75 Å². The molecular formula is C13H17NO2. The molecule has 16 heavy (non-hydrogen) atoms. The van der Waals surface area contributed by atoms with Gasteiger partial charge in [0.2, 0.25) is 5.91 Å². The van der Waals surface area contributed by atoms with Gasteiger partial charge in [-0.05, 0) is 37.5 Å². The zero-order valence-corrected chi connectivity index (χ0v) is 9.53. The second-order valence-electron chi connectivity index (χ2n) is 3.99. The van der Waals surface area contributed by atoms with Crippen molar-refractivity contribution < 1.29 is 9.53 Å².